The number of furan rings is 1. The highest BCUT2D eigenvalue weighted by atomic mass is 32.1. The standard InChI is InChI=1S/C13H10N2O3S/c14-11(13(16)17)9-6-19-12(15-9)8-5-18-10-4-2-1-3-7(8)10/h1-6,11H,14H2,(H,16,17). The number of carbonyl (C=O) groups is 1. The Kier molecular flexibility index (Phi) is 2.81. The summed E-state index contributed by atoms with van der Waals surface area (Å²) in [6, 6.07) is 6.52. The highest BCUT2D eigenvalue weighted by Gasteiger charge is 2.19. The van der Waals surface area contributed by atoms with Crippen LogP contribution in [0.2, 0.25) is 0 Å². The summed E-state index contributed by atoms with van der Waals surface area (Å²) in [5, 5.41) is 12.2. The van der Waals surface area contributed by atoms with Crippen LogP contribution >= 0.6 is 11.3 Å². The van der Waals surface area contributed by atoms with Crippen LogP contribution in [0.4, 0.5) is 0 Å². The fourth-order valence-electron chi connectivity index (χ4n) is 1.82. The van der Waals surface area contributed by atoms with Crippen molar-refractivity contribution < 1.29 is 14.3 Å². The number of thiazole rings is 1. The minimum Gasteiger partial charge on any atom is -0.480 e. The molecule has 0 amide bonds. The van der Waals surface area contributed by atoms with Crippen molar-refractivity contribution >= 4 is 28.3 Å². The van der Waals surface area contributed by atoms with Gasteiger partial charge in [-0.2, -0.15) is 0 Å². The summed E-state index contributed by atoms with van der Waals surface area (Å²) in [7, 11) is 0. The minimum absolute atomic E-state index is 0.359. The number of aromatic nitrogens is 1. The zero-order valence-electron chi connectivity index (χ0n) is 9.74. The van der Waals surface area contributed by atoms with E-state index in [1.165, 1.54) is 11.3 Å². The second-order valence-electron chi connectivity index (χ2n) is 4.04. The maximum atomic E-state index is 10.8. The van der Waals surface area contributed by atoms with Crippen molar-refractivity contribution in [1.29, 1.82) is 0 Å². The van der Waals surface area contributed by atoms with Gasteiger partial charge in [-0.15, -0.1) is 11.3 Å². The summed E-state index contributed by atoms with van der Waals surface area (Å²) in [5.74, 6) is -1.09. The number of nitrogens with two attached hydrogens (primary N) is 1. The molecule has 2 heterocycles. The van der Waals surface area contributed by atoms with Crippen molar-refractivity contribution in [3.63, 3.8) is 0 Å². The van der Waals surface area contributed by atoms with Crippen molar-refractivity contribution in [3.8, 4) is 10.6 Å². The molecule has 96 valence electrons. The van der Waals surface area contributed by atoms with E-state index in [-0.39, 0.29) is 0 Å². The van der Waals surface area contributed by atoms with Gasteiger partial charge in [0.2, 0.25) is 0 Å². The van der Waals surface area contributed by atoms with Gasteiger partial charge < -0.3 is 15.3 Å². The quantitative estimate of drug-likeness (QED) is 0.766. The molecule has 2 aromatic heterocycles. The normalized spacial score (nSPS) is 12.7. The molecule has 3 rings (SSSR count). The summed E-state index contributed by atoms with van der Waals surface area (Å²) in [6.07, 6.45) is 1.62. The first kappa shape index (κ1) is 11.9. The monoisotopic (exact) mass is 274 g/mol. The molecule has 0 spiro atoms. The highest BCUT2D eigenvalue weighted by Crippen LogP contribution is 2.33. The fraction of sp³-hybridized carbons (Fsp3) is 0.0769. The smallest absolute Gasteiger partial charge is 0.326 e. The van der Waals surface area contributed by atoms with E-state index in [2.05, 4.69) is 4.98 Å². The topological polar surface area (TPSA) is 89.4 Å². The number of hydrogen-bond acceptors (Lipinski definition) is 5. The van der Waals surface area contributed by atoms with Gasteiger partial charge in [-0.25, -0.2) is 4.98 Å². The maximum Gasteiger partial charge on any atom is 0.326 e. The Morgan fingerprint density at radius 1 is 1.42 bits per heavy atom. The van der Waals surface area contributed by atoms with E-state index in [1.54, 1.807) is 11.6 Å². The van der Waals surface area contributed by atoms with Gasteiger partial charge in [0, 0.05) is 10.8 Å². The molecule has 0 aliphatic carbocycles. The number of carboxylic acids is 1. The number of benzene rings is 1. The third-order valence-corrected chi connectivity index (χ3v) is 3.71. The summed E-state index contributed by atoms with van der Waals surface area (Å²) in [5.41, 5.74) is 7.52. The average molecular weight is 274 g/mol. The molecule has 3 aromatic rings. The van der Waals surface area contributed by atoms with Crippen LogP contribution in [0.5, 0.6) is 0 Å². The van der Waals surface area contributed by atoms with Crippen LogP contribution < -0.4 is 5.73 Å². The zero-order valence-corrected chi connectivity index (χ0v) is 10.6. The molecule has 0 fully saturated rings. The lowest BCUT2D eigenvalue weighted by molar-refractivity contribution is -0.138. The Morgan fingerprint density at radius 3 is 3.00 bits per heavy atom. The summed E-state index contributed by atoms with van der Waals surface area (Å²) >= 11 is 1.35. The molecule has 1 atom stereocenters. The lowest BCUT2D eigenvalue weighted by atomic mass is 10.2. The molecule has 6 heteroatoms. The Morgan fingerprint density at radius 2 is 2.21 bits per heavy atom. The second-order valence-corrected chi connectivity index (χ2v) is 4.90. The van der Waals surface area contributed by atoms with E-state index in [1.807, 2.05) is 24.3 Å². The van der Waals surface area contributed by atoms with E-state index in [9.17, 15) is 4.79 Å². The van der Waals surface area contributed by atoms with Crippen molar-refractivity contribution in [2.75, 3.05) is 0 Å². The number of aliphatic carboxylic acids is 1. The van der Waals surface area contributed by atoms with Crippen LogP contribution in [0.3, 0.4) is 0 Å². The Labute approximate surface area is 112 Å². The summed E-state index contributed by atoms with van der Waals surface area (Å²) in [6.45, 7) is 0. The lowest BCUT2D eigenvalue weighted by Crippen LogP contribution is -2.20. The summed E-state index contributed by atoms with van der Waals surface area (Å²) < 4.78 is 5.44. The average Bonchev–Trinajstić information content (AvgIpc) is 3.03. The molecule has 0 saturated heterocycles. The largest absolute Gasteiger partial charge is 0.480 e. The van der Waals surface area contributed by atoms with Crippen LogP contribution in [-0.4, -0.2) is 16.1 Å². The summed E-state index contributed by atoms with van der Waals surface area (Å²) in [4.78, 5) is 15.1. The van der Waals surface area contributed by atoms with E-state index < -0.39 is 12.0 Å². The highest BCUT2D eigenvalue weighted by molar-refractivity contribution is 7.13. The van der Waals surface area contributed by atoms with E-state index in [4.69, 9.17) is 15.3 Å². The van der Waals surface area contributed by atoms with Gasteiger partial charge >= 0.3 is 5.97 Å². The molecular weight excluding hydrogens is 264 g/mol. The van der Waals surface area contributed by atoms with Crippen molar-refractivity contribution in [3.05, 3.63) is 41.6 Å². The van der Waals surface area contributed by atoms with Gasteiger partial charge in [-0.05, 0) is 6.07 Å². The third kappa shape index (κ3) is 2.00. The predicted molar refractivity (Wildman–Crippen MR) is 71.9 cm³/mol. The van der Waals surface area contributed by atoms with E-state index in [0.29, 0.717) is 10.7 Å². The molecular formula is C13H10N2O3S. The van der Waals surface area contributed by atoms with Gasteiger partial charge in [0.1, 0.15) is 22.9 Å². The first-order valence-corrected chi connectivity index (χ1v) is 6.45. The van der Waals surface area contributed by atoms with Crippen LogP contribution in [0.15, 0.2) is 40.3 Å². The van der Waals surface area contributed by atoms with Gasteiger partial charge in [0.05, 0.1) is 11.3 Å². The number of carboxylic acid groups (broad SMARTS) is 1. The first-order valence-electron chi connectivity index (χ1n) is 5.57. The third-order valence-electron chi connectivity index (χ3n) is 2.82. The molecule has 3 N–H and O–H groups in total. The number of rotatable bonds is 3. The molecule has 0 saturated carbocycles. The van der Waals surface area contributed by atoms with Crippen LogP contribution in [-0.2, 0) is 4.79 Å². The minimum atomic E-state index is -1.09. The van der Waals surface area contributed by atoms with E-state index >= 15 is 0 Å². The molecule has 0 aliphatic rings. The Hall–Kier alpha value is -2.18. The van der Waals surface area contributed by atoms with Crippen LogP contribution in [0, 0.1) is 0 Å². The number of nitrogens with zero attached hydrogens (tertiary/aromatic N) is 1. The Bertz CT molecular complexity index is 747. The fourth-order valence-corrected chi connectivity index (χ4v) is 2.70. The maximum absolute atomic E-state index is 10.8. The molecule has 1 unspecified atom stereocenters. The van der Waals surface area contributed by atoms with Crippen molar-refractivity contribution in [1.82, 2.24) is 4.98 Å². The number of hydrogen-bond donors (Lipinski definition) is 2. The number of para-hydroxylation sites is 1. The molecule has 1 aromatic carbocycles. The molecule has 0 bridgehead atoms. The predicted octanol–water partition coefficient (Wildman–Crippen LogP) is 2.64. The van der Waals surface area contributed by atoms with Crippen LogP contribution in [0.25, 0.3) is 21.5 Å². The van der Waals surface area contributed by atoms with Crippen LogP contribution in [0.1, 0.15) is 11.7 Å². The SMILES string of the molecule is NC(C(=O)O)c1csc(-c2coc3ccccc23)n1. The Balaban J connectivity index is 2.05. The molecule has 5 nitrogen and oxygen atoms in total. The van der Waals surface area contributed by atoms with Crippen molar-refractivity contribution in [2.24, 2.45) is 5.73 Å². The number of fused-ring (bicyclic) bond motifs is 1. The molecule has 19 heavy (non-hydrogen) atoms. The second kappa shape index (κ2) is 4.49. The molecule has 0 radical (unpaired) electrons. The van der Waals surface area contributed by atoms with E-state index in [0.717, 1.165) is 16.5 Å². The van der Waals surface area contributed by atoms with Gasteiger partial charge in [-0.1, -0.05) is 18.2 Å². The lowest BCUT2D eigenvalue weighted by Gasteiger charge is -2.00. The zero-order chi connectivity index (χ0) is 13.4. The van der Waals surface area contributed by atoms with Gasteiger partial charge in [0.15, 0.2) is 0 Å². The molecule has 0 aliphatic heterocycles. The first-order chi connectivity index (χ1) is 9.16. The van der Waals surface area contributed by atoms with Gasteiger partial charge in [0.25, 0.3) is 0 Å². The van der Waals surface area contributed by atoms with Gasteiger partial charge in [-0.3, -0.25) is 4.79 Å². The van der Waals surface area contributed by atoms with Crippen molar-refractivity contribution in [2.45, 2.75) is 6.04 Å².